The monoisotopic (exact) mass is 454 g/mol. The molecule has 10 heteroatoms. The van der Waals surface area contributed by atoms with E-state index in [0.717, 1.165) is 11.8 Å². The summed E-state index contributed by atoms with van der Waals surface area (Å²) in [7, 11) is 0. The van der Waals surface area contributed by atoms with Gasteiger partial charge in [-0.25, -0.2) is 0 Å². The highest BCUT2D eigenvalue weighted by Gasteiger charge is 2.32. The first-order valence-electron chi connectivity index (χ1n) is 8.77. The molecule has 0 atom stereocenters. The minimum Gasteiger partial charge on any atom is -0.505 e. The molecule has 0 saturated carbocycles. The van der Waals surface area contributed by atoms with Crippen LogP contribution in [0.3, 0.4) is 0 Å². The van der Waals surface area contributed by atoms with Crippen molar-refractivity contribution >= 4 is 46.0 Å². The van der Waals surface area contributed by atoms with Crippen LogP contribution in [-0.2, 0) is 12.7 Å². The standard InChI is InChI=1S/C20H15Cl2F3N4O/c21-15-9-16-18(17(22)19(15)30)27-28-29(16)13-7-5-12(6-8-13)26-10-11-3-1-2-4-14(11)20(23,24)25/h1-9,26-28,30H,10H2. The summed E-state index contributed by atoms with van der Waals surface area (Å²) >= 11 is 12.1. The Balaban J connectivity index is 1.51. The van der Waals surface area contributed by atoms with Crippen LogP contribution in [0.5, 0.6) is 5.75 Å². The van der Waals surface area contributed by atoms with Crippen molar-refractivity contribution in [1.82, 2.24) is 5.53 Å². The van der Waals surface area contributed by atoms with Gasteiger partial charge in [0.05, 0.1) is 27.6 Å². The fourth-order valence-electron chi connectivity index (χ4n) is 3.14. The van der Waals surface area contributed by atoms with Gasteiger partial charge in [-0.1, -0.05) is 41.4 Å². The van der Waals surface area contributed by atoms with Crippen molar-refractivity contribution in [3.8, 4) is 5.75 Å². The second-order valence-corrected chi connectivity index (χ2v) is 7.33. The zero-order valence-electron chi connectivity index (χ0n) is 15.2. The predicted molar refractivity (Wildman–Crippen MR) is 112 cm³/mol. The van der Waals surface area contributed by atoms with E-state index in [1.165, 1.54) is 12.1 Å². The lowest BCUT2D eigenvalue weighted by atomic mass is 10.1. The maximum absolute atomic E-state index is 13.1. The smallest absolute Gasteiger partial charge is 0.416 e. The first-order chi connectivity index (χ1) is 14.3. The van der Waals surface area contributed by atoms with E-state index in [4.69, 9.17) is 23.2 Å². The maximum Gasteiger partial charge on any atom is 0.416 e. The van der Waals surface area contributed by atoms with E-state index in [0.29, 0.717) is 17.1 Å². The van der Waals surface area contributed by atoms with Gasteiger partial charge in [-0.3, -0.25) is 10.4 Å². The van der Waals surface area contributed by atoms with Crippen LogP contribution < -0.4 is 21.3 Å². The summed E-state index contributed by atoms with van der Waals surface area (Å²) in [6.45, 7) is 0.0336. The first kappa shape index (κ1) is 20.5. The van der Waals surface area contributed by atoms with Gasteiger partial charge in [0, 0.05) is 12.2 Å². The summed E-state index contributed by atoms with van der Waals surface area (Å²) in [5.74, 6) is -0.216. The Morgan fingerprint density at radius 1 is 1.03 bits per heavy atom. The van der Waals surface area contributed by atoms with Crippen LogP contribution >= 0.6 is 23.2 Å². The van der Waals surface area contributed by atoms with Crippen molar-refractivity contribution in [3.05, 3.63) is 75.8 Å². The van der Waals surface area contributed by atoms with E-state index >= 15 is 0 Å². The lowest BCUT2D eigenvalue weighted by molar-refractivity contribution is -0.138. The lowest BCUT2D eigenvalue weighted by Gasteiger charge is -2.19. The summed E-state index contributed by atoms with van der Waals surface area (Å²) < 4.78 is 39.4. The molecule has 0 radical (unpaired) electrons. The minimum absolute atomic E-state index is 0.0336. The topological polar surface area (TPSA) is 59.6 Å². The number of benzene rings is 3. The number of hydrogen-bond donors (Lipinski definition) is 4. The van der Waals surface area contributed by atoms with E-state index < -0.39 is 11.7 Å². The fourth-order valence-corrected chi connectivity index (χ4v) is 3.64. The average molecular weight is 455 g/mol. The first-order valence-corrected chi connectivity index (χ1v) is 9.53. The van der Waals surface area contributed by atoms with E-state index in [9.17, 15) is 18.3 Å². The second-order valence-electron chi connectivity index (χ2n) is 6.54. The molecule has 0 unspecified atom stereocenters. The number of hydrogen-bond acceptors (Lipinski definition) is 5. The van der Waals surface area contributed by atoms with Crippen molar-refractivity contribution in [2.75, 3.05) is 15.8 Å². The van der Waals surface area contributed by atoms with Gasteiger partial charge in [0.25, 0.3) is 0 Å². The van der Waals surface area contributed by atoms with Gasteiger partial charge in [-0.2, -0.15) is 13.2 Å². The summed E-state index contributed by atoms with van der Waals surface area (Å²) in [6, 6.07) is 14.1. The number of halogens is 5. The Kier molecular flexibility index (Phi) is 5.31. The number of hydrazine groups is 2. The Labute approximate surface area is 180 Å². The summed E-state index contributed by atoms with van der Waals surface area (Å²) in [4.78, 5) is 0. The van der Waals surface area contributed by atoms with Crippen molar-refractivity contribution < 1.29 is 18.3 Å². The van der Waals surface area contributed by atoms with Gasteiger partial charge >= 0.3 is 6.18 Å². The minimum atomic E-state index is -4.40. The number of nitrogens with one attached hydrogen (secondary N) is 3. The van der Waals surface area contributed by atoms with Crippen molar-refractivity contribution in [2.45, 2.75) is 12.7 Å². The number of aromatic hydroxyl groups is 1. The van der Waals surface area contributed by atoms with Crippen molar-refractivity contribution in [2.24, 2.45) is 0 Å². The molecule has 4 N–H and O–H groups in total. The van der Waals surface area contributed by atoms with E-state index in [2.05, 4.69) is 16.3 Å². The highest BCUT2D eigenvalue weighted by molar-refractivity contribution is 6.40. The molecule has 0 aromatic heterocycles. The van der Waals surface area contributed by atoms with E-state index in [1.54, 1.807) is 41.4 Å². The molecule has 5 nitrogen and oxygen atoms in total. The summed E-state index contributed by atoms with van der Waals surface area (Å²) in [5, 5.41) is 14.7. The fraction of sp³-hybridized carbons (Fsp3) is 0.100. The second kappa shape index (κ2) is 7.79. The van der Waals surface area contributed by atoms with Crippen LogP contribution in [0.15, 0.2) is 54.6 Å². The Morgan fingerprint density at radius 3 is 2.43 bits per heavy atom. The molecule has 0 saturated heterocycles. The molecule has 0 amide bonds. The normalized spacial score (nSPS) is 13.2. The van der Waals surface area contributed by atoms with Crippen LogP contribution in [0.2, 0.25) is 10.0 Å². The third-order valence-electron chi connectivity index (χ3n) is 4.64. The average Bonchev–Trinajstić information content (AvgIpc) is 3.14. The van der Waals surface area contributed by atoms with Crippen molar-refractivity contribution in [3.63, 3.8) is 0 Å². The van der Waals surface area contributed by atoms with Crippen LogP contribution in [0.1, 0.15) is 11.1 Å². The highest BCUT2D eigenvalue weighted by Crippen LogP contribution is 2.47. The lowest BCUT2D eigenvalue weighted by Crippen LogP contribution is -2.31. The number of rotatable bonds is 4. The predicted octanol–water partition coefficient (Wildman–Crippen LogP) is 6.31. The Bertz CT molecular complexity index is 1090. The van der Waals surface area contributed by atoms with Gasteiger partial charge in [0.15, 0.2) is 5.75 Å². The van der Waals surface area contributed by atoms with Crippen molar-refractivity contribution in [1.29, 1.82) is 0 Å². The molecular weight excluding hydrogens is 440 g/mol. The number of phenolic OH excluding ortho intramolecular Hbond substituents is 1. The van der Waals surface area contributed by atoms with Gasteiger partial charge in [-0.15, -0.1) is 5.53 Å². The molecule has 0 spiro atoms. The van der Waals surface area contributed by atoms with Gasteiger partial charge in [0.1, 0.15) is 5.02 Å². The number of anilines is 4. The van der Waals surface area contributed by atoms with Crippen LogP contribution in [-0.4, -0.2) is 5.11 Å². The van der Waals surface area contributed by atoms with E-state index in [-0.39, 0.29) is 27.9 Å². The zero-order valence-corrected chi connectivity index (χ0v) is 16.7. The number of fused-ring (bicyclic) bond motifs is 1. The largest absolute Gasteiger partial charge is 0.505 e. The molecule has 1 aliphatic heterocycles. The quantitative estimate of drug-likeness (QED) is 0.371. The van der Waals surface area contributed by atoms with Gasteiger partial charge in [-0.05, 0) is 42.0 Å². The summed E-state index contributed by atoms with van der Waals surface area (Å²) in [6.07, 6.45) is -4.40. The summed E-state index contributed by atoms with van der Waals surface area (Å²) in [5.41, 5.74) is 7.77. The highest BCUT2D eigenvalue weighted by atomic mass is 35.5. The number of phenols is 1. The maximum atomic E-state index is 13.1. The molecular formula is C20H15Cl2F3N4O. The third kappa shape index (κ3) is 3.81. The van der Waals surface area contributed by atoms with E-state index in [1.807, 2.05) is 0 Å². The third-order valence-corrected chi connectivity index (χ3v) is 5.29. The van der Waals surface area contributed by atoms with Crippen LogP contribution in [0.25, 0.3) is 0 Å². The zero-order chi connectivity index (χ0) is 21.5. The molecule has 30 heavy (non-hydrogen) atoms. The molecule has 0 bridgehead atoms. The molecule has 4 rings (SSSR count). The van der Waals surface area contributed by atoms with Crippen LogP contribution in [0, 0.1) is 0 Å². The van der Waals surface area contributed by atoms with Gasteiger partial charge in [0.2, 0.25) is 0 Å². The molecule has 3 aromatic rings. The Morgan fingerprint density at radius 2 is 1.73 bits per heavy atom. The SMILES string of the molecule is Oc1c(Cl)cc2c(c1Cl)NNN2c1ccc(NCc2ccccc2C(F)(F)F)cc1. The molecule has 1 heterocycles. The number of nitrogens with zero attached hydrogens (tertiary/aromatic N) is 1. The molecule has 1 aliphatic rings. The molecule has 156 valence electrons. The molecule has 3 aromatic carbocycles. The molecule has 0 fully saturated rings. The van der Waals surface area contributed by atoms with Crippen LogP contribution in [0.4, 0.5) is 35.9 Å². The Hall–Kier alpha value is -2.81. The van der Waals surface area contributed by atoms with Gasteiger partial charge < -0.3 is 10.4 Å². The molecule has 0 aliphatic carbocycles. The number of alkyl halides is 3.